The van der Waals surface area contributed by atoms with E-state index in [9.17, 15) is 9.59 Å². The molecule has 6 aromatic rings. The fraction of sp³-hybridized carbons (Fsp3) is 0.571. The van der Waals surface area contributed by atoms with E-state index in [1.165, 1.54) is 64.2 Å². The number of amides is 2. The molecule has 2 aromatic heterocycles. The van der Waals surface area contributed by atoms with Gasteiger partial charge in [-0.05, 0) is 151 Å². The normalized spacial score (nSPS) is 11.2. The van der Waals surface area contributed by atoms with Gasteiger partial charge in [-0.3, -0.25) is 9.59 Å². The topological polar surface area (TPSA) is 236 Å². The van der Waals surface area contributed by atoms with Crippen molar-refractivity contribution in [1.29, 1.82) is 0 Å². The summed E-state index contributed by atoms with van der Waals surface area (Å²) in [5.41, 5.74) is 17.8. The fourth-order valence-corrected chi connectivity index (χ4v) is 11.1. The summed E-state index contributed by atoms with van der Waals surface area (Å²) in [5, 5.41) is 15.9. The van der Waals surface area contributed by atoms with Crippen molar-refractivity contribution in [3.63, 3.8) is 0 Å². The standard InChI is InChI=1S/C70H108N14O6.ClH/c1-81(41-25-15-17-27-43-83(3)69-77-59-49-63(89-7)61(87-5)47-57(59)65(71)79-69)67(85)55-33-29-31-53(45-55)51-75-39-23-13-11-21-37-73-35-19-9-10-20-36-74-38-22-12-14-24-40-76-52-54-32-30-34-56(46-54)68(86)82(2)42-26-16-18-28-44-84(4)70-78-60-50-64(90-8)62(88-6)48-58(60)66(72)80-70;/h29-34,45-50,73-76H,9-28,35-44,51-52H2,1-8H3,(H2,71,77,79)(H2,72,78,80);1H. The first-order valence-electron chi connectivity index (χ1n) is 33.2. The Morgan fingerprint density at radius 3 is 1.04 bits per heavy atom. The number of nitrogens with two attached hydrogens (primary N) is 2. The van der Waals surface area contributed by atoms with E-state index in [1.54, 1.807) is 28.4 Å². The van der Waals surface area contributed by atoms with E-state index in [4.69, 9.17) is 40.4 Å². The zero-order chi connectivity index (χ0) is 64.3. The number of fused-ring (bicyclic) bond motifs is 2. The highest BCUT2D eigenvalue weighted by Crippen LogP contribution is 2.35. The van der Waals surface area contributed by atoms with E-state index in [2.05, 4.69) is 43.4 Å². The molecule has 502 valence electrons. The van der Waals surface area contributed by atoms with Gasteiger partial charge in [0.15, 0.2) is 23.0 Å². The SMILES string of the molecule is COc1cc2nc(N(C)CCCCCCN(C)C(=O)c3cccc(CNCCCCCCNCCCCCCNCCCCCCNCc4cccc(C(=O)N(C)CCCCCCN(C)c5nc(N)c6cc(OC)c(OC)cc6n5)c4)c3)nc(N)c2cc1OC.Cl. The molecule has 2 heterocycles. The second kappa shape index (κ2) is 42.2. The summed E-state index contributed by atoms with van der Waals surface area (Å²) in [6.45, 7) is 10.9. The molecule has 91 heavy (non-hydrogen) atoms. The lowest BCUT2D eigenvalue weighted by Crippen LogP contribution is -2.28. The highest BCUT2D eigenvalue weighted by molar-refractivity contribution is 5.95. The van der Waals surface area contributed by atoms with Crippen molar-refractivity contribution in [2.75, 3.05) is 143 Å². The summed E-state index contributed by atoms with van der Waals surface area (Å²) < 4.78 is 21.7. The number of nitrogens with one attached hydrogen (secondary N) is 4. The average molecular weight is 1280 g/mol. The Labute approximate surface area is 549 Å². The van der Waals surface area contributed by atoms with Gasteiger partial charge < -0.3 is 71.3 Å². The Balaban J connectivity index is 0.0000150. The highest BCUT2D eigenvalue weighted by Gasteiger charge is 2.18. The summed E-state index contributed by atoms with van der Waals surface area (Å²) >= 11 is 0. The molecular weight excluding hydrogens is 1170 g/mol. The van der Waals surface area contributed by atoms with E-state index in [0.29, 0.717) is 57.6 Å². The molecule has 0 bridgehead atoms. The van der Waals surface area contributed by atoms with Crippen LogP contribution >= 0.6 is 12.4 Å². The first-order chi connectivity index (χ1) is 43.8. The second-order valence-corrected chi connectivity index (χ2v) is 23.9. The summed E-state index contributed by atoms with van der Waals surface area (Å²) in [7, 11) is 14.1. The minimum Gasteiger partial charge on any atom is -0.493 e. The van der Waals surface area contributed by atoms with Crippen LogP contribution in [-0.4, -0.2) is 164 Å². The van der Waals surface area contributed by atoms with Crippen LogP contribution in [0.1, 0.15) is 160 Å². The number of nitrogen functional groups attached to an aromatic ring is 2. The van der Waals surface area contributed by atoms with Crippen molar-refractivity contribution < 1.29 is 28.5 Å². The minimum absolute atomic E-state index is 0. The number of unbranched alkanes of at least 4 members (excludes halogenated alkanes) is 15. The Hall–Kier alpha value is -6.97. The van der Waals surface area contributed by atoms with Crippen molar-refractivity contribution in [2.24, 2.45) is 0 Å². The molecule has 0 saturated heterocycles. The molecule has 0 radical (unpaired) electrons. The van der Waals surface area contributed by atoms with E-state index >= 15 is 0 Å². The number of carbonyl (C=O) groups is 2. The number of halogens is 1. The molecule has 0 aliphatic heterocycles. The van der Waals surface area contributed by atoms with Crippen LogP contribution in [0.25, 0.3) is 21.8 Å². The first kappa shape index (κ1) is 74.8. The predicted molar refractivity (Wildman–Crippen MR) is 376 cm³/mol. The number of nitrogens with zero attached hydrogens (tertiary/aromatic N) is 8. The van der Waals surface area contributed by atoms with Gasteiger partial charge >= 0.3 is 0 Å². The first-order valence-corrected chi connectivity index (χ1v) is 33.2. The predicted octanol–water partition coefficient (Wildman–Crippen LogP) is 11.5. The van der Waals surface area contributed by atoms with Gasteiger partial charge in [-0.2, -0.15) is 9.97 Å². The lowest BCUT2D eigenvalue weighted by Gasteiger charge is -2.19. The van der Waals surface area contributed by atoms with Crippen LogP contribution < -0.4 is 61.5 Å². The third-order valence-electron chi connectivity index (χ3n) is 16.7. The molecule has 0 aliphatic rings. The van der Waals surface area contributed by atoms with Gasteiger partial charge in [-0.25, -0.2) is 9.97 Å². The van der Waals surface area contributed by atoms with Crippen LogP contribution in [-0.2, 0) is 13.1 Å². The quantitative estimate of drug-likeness (QED) is 0.0195. The smallest absolute Gasteiger partial charge is 0.253 e. The molecule has 0 fully saturated rings. The van der Waals surface area contributed by atoms with Crippen LogP contribution in [0, 0.1) is 0 Å². The highest BCUT2D eigenvalue weighted by atomic mass is 35.5. The number of ether oxygens (including phenoxy) is 4. The number of hydrogen-bond acceptors (Lipinski definition) is 18. The van der Waals surface area contributed by atoms with Gasteiger partial charge in [0.25, 0.3) is 11.8 Å². The van der Waals surface area contributed by atoms with Crippen LogP contribution in [0.2, 0.25) is 0 Å². The maximum atomic E-state index is 13.3. The van der Waals surface area contributed by atoms with Crippen molar-refractivity contribution in [2.45, 2.75) is 142 Å². The molecule has 0 spiro atoms. The summed E-state index contributed by atoms with van der Waals surface area (Å²) in [4.78, 5) is 52.9. The average Bonchev–Trinajstić information content (AvgIpc) is 1.55. The largest absolute Gasteiger partial charge is 0.493 e. The number of carbonyl (C=O) groups excluding carboxylic acids is 2. The fourth-order valence-electron chi connectivity index (χ4n) is 11.1. The molecule has 21 heteroatoms. The zero-order valence-corrected chi connectivity index (χ0v) is 57.0. The van der Waals surface area contributed by atoms with Crippen LogP contribution in [0.3, 0.4) is 0 Å². The summed E-state index contributed by atoms with van der Waals surface area (Å²) in [6, 6.07) is 23.4. The number of methoxy groups -OCH3 is 4. The molecule has 2 amide bonds. The second-order valence-electron chi connectivity index (χ2n) is 23.9. The van der Waals surface area contributed by atoms with Gasteiger partial charge in [0.2, 0.25) is 11.9 Å². The maximum Gasteiger partial charge on any atom is 0.253 e. The van der Waals surface area contributed by atoms with Gasteiger partial charge in [0.1, 0.15) is 11.6 Å². The Morgan fingerprint density at radius 2 is 0.703 bits per heavy atom. The monoisotopic (exact) mass is 1280 g/mol. The third kappa shape index (κ3) is 25.6. The van der Waals surface area contributed by atoms with Gasteiger partial charge in [0, 0.05) is 101 Å². The third-order valence-corrected chi connectivity index (χ3v) is 16.7. The van der Waals surface area contributed by atoms with E-state index in [-0.39, 0.29) is 24.2 Å². The molecule has 0 aliphatic carbocycles. The summed E-state index contributed by atoms with van der Waals surface area (Å²) in [5.74, 6) is 4.48. The number of benzene rings is 4. The summed E-state index contributed by atoms with van der Waals surface area (Å²) in [6.07, 6.45) is 22.7. The molecule has 6 rings (SSSR count). The zero-order valence-electron chi connectivity index (χ0n) is 56.1. The number of anilines is 4. The van der Waals surface area contributed by atoms with Crippen LogP contribution in [0.5, 0.6) is 23.0 Å². The number of hydrogen-bond donors (Lipinski definition) is 6. The van der Waals surface area contributed by atoms with Crippen molar-refractivity contribution in [1.82, 2.24) is 51.0 Å². The van der Waals surface area contributed by atoms with Crippen LogP contribution in [0.4, 0.5) is 23.5 Å². The Kier molecular flexibility index (Phi) is 34.7. The molecule has 8 N–H and O–H groups in total. The number of aromatic nitrogens is 4. The molecular formula is C70H109ClN14O6. The maximum absolute atomic E-state index is 13.3. The van der Waals surface area contributed by atoms with E-state index < -0.39 is 0 Å². The van der Waals surface area contributed by atoms with Crippen LogP contribution in [0.15, 0.2) is 72.8 Å². The molecule has 0 atom stereocenters. The van der Waals surface area contributed by atoms with Gasteiger partial charge in [-0.15, -0.1) is 12.4 Å². The number of rotatable bonds is 47. The lowest BCUT2D eigenvalue weighted by atomic mass is 10.1. The van der Waals surface area contributed by atoms with E-state index in [0.717, 1.165) is 176 Å². The molecule has 0 saturated carbocycles. The van der Waals surface area contributed by atoms with Crippen molar-refractivity contribution in [3.8, 4) is 23.0 Å². The Bertz CT molecular complexity index is 2880. The van der Waals surface area contributed by atoms with Gasteiger partial charge in [-0.1, -0.05) is 88.5 Å². The minimum atomic E-state index is 0. The molecule has 4 aromatic carbocycles. The van der Waals surface area contributed by atoms with Crippen molar-refractivity contribution >= 4 is 69.6 Å². The Morgan fingerprint density at radius 1 is 0.396 bits per heavy atom. The van der Waals surface area contributed by atoms with E-state index in [1.807, 2.05) is 108 Å². The molecule has 20 nitrogen and oxygen atoms in total. The molecule has 0 unspecified atom stereocenters. The van der Waals surface area contributed by atoms with Gasteiger partial charge in [0.05, 0.1) is 39.5 Å². The lowest BCUT2D eigenvalue weighted by molar-refractivity contribution is 0.0785. The van der Waals surface area contributed by atoms with Crippen molar-refractivity contribution in [3.05, 3.63) is 95.1 Å².